The molecule has 16 heavy (non-hydrogen) atoms. The summed E-state index contributed by atoms with van der Waals surface area (Å²) in [5, 5.41) is 0. The Morgan fingerprint density at radius 1 is 0.312 bits per heavy atom. The molecule has 0 bridgehead atoms. The molecule has 2 fully saturated rings. The van der Waals surface area contributed by atoms with Gasteiger partial charge in [0.05, 0.1) is 0 Å². The molecule has 2 saturated carbocycles. The highest BCUT2D eigenvalue weighted by molar-refractivity contribution is 5.40. The summed E-state index contributed by atoms with van der Waals surface area (Å²) >= 11 is 0. The quantitative estimate of drug-likeness (QED) is 0.533. The molecule has 0 aromatic heterocycles. The van der Waals surface area contributed by atoms with Crippen LogP contribution in [-0.2, 0) is 0 Å². The topological polar surface area (TPSA) is 0 Å². The fourth-order valence-corrected chi connectivity index (χ4v) is 6.19. The fourth-order valence-electron chi connectivity index (χ4n) is 6.19. The summed E-state index contributed by atoms with van der Waals surface area (Å²) in [6.07, 6.45) is 0. The van der Waals surface area contributed by atoms with Gasteiger partial charge in [-0.15, -0.1) is 0 Å². The van der Waals surface area contributed by atoms with Crippen molar-refractivity contribution in [2.24, 2.45) is 32.5 Å². The molecule has 0 aliphatic heterocycles. The Morgan fingerprint density at radius 2 is 0.562 bits per heavy atom. The van der Waals surface area contributed by atoms with Gasteiger partial charge in [0, 0.05) is 0 Å². The summed E-state index contributed by atoms with van der Waals surface area (Å²) in [6, 6.07) is 0. The number of hydrogen-bond donors (Lipinski definition) is 0. The van der Waals surface area contributed by atoms with Gasteiger partial charge in [0.25, 0.3) is 0 Å². The highest BCUT2D eigenvalue weighted by atomic mass is 15.0. The van der Waals surface area contributed by atoms with Crippen LogP contribution in [0.25, 0.3) is 0 Å². The van der Waals surface area contributed by atoms with E-state index in [-0.39, 0.29) is 0 Å². The minimum atomic E-state index is 0.388. The maximum atomic E-state index is 2.53. The first-order valence-corrected chi connectivity index (χ1v) is 6.75. The first-order valence-electron chi connectivity index (χ1n) is 6.75. The highest BCUT2D eigenvalue weighted by Gasteiger charge is 2.93. The van der Waals surface area contributed by atoms with Crippen molar-refractivity contribution < 1.29 is 0 Å². The van der Waals surface area contributed by atoms with Crippen molar-refractivity contribution in [2.45, 2.75) is 69.2 Å². The van der Waals surface area contributed by atoms with Gasteiger partial charge in [0.1, 0.15) is 0 Å². The first-order chi connectivity index (χ1) is 6.75. The van der Waals surface area contributed by atoms with Gasteiger partial charge < -0.3 is 0 Å². The van der Waals surface area contributed by atoms with E-state index < -0.39 is 0 Å². The second-order valence-corrected chi connectivity index (χ2v) is 8.75. The second-order valence-electron chi connectivity index (χ2n) is 8.75. The van der Waals surface area contributed by atoms with E-state index in [1.54, 1.807) is 0 Å². The Bertz CT molecular complexity index is 324. The molecule has 0 heterocycles. The summed E-state index contributed by atoms with van der Waals surface area (Å²) in [5.41, 5.74) is 2.55. The zero-order chi connectivity index (χ0) is 13.0. The summed E-state index contributed by atoms with van der Waals surface area (Å²) in [5.74, 6) is 0. The molecule has 0 radical (unpaired) electrons. The second kappa shape index (κ2) is 2.27. The van der Waals surface area contributed by atoms with Crippen LogP contribution in [0.5, 0.6) is 0 Å². The monoisotopic (exact) mass is 222 g/mol. The third-order valence-corrected chi connectivity index (χ3v) is 9.06. The number of fused-ring (bicyclic) bond motifs is 1. The van der Waals surface area contributed by atoms with Gasteiger partial charge in [-0.05, 0) is 32.5 Å². The normalized spacial score (nSPS) is 49.9. The highest BCUT2D eigenvalue weighted by Crippen LogP contribution is 2.98. The van der Waals surface area contributed by atoms with Crippen molar-refractivity contribution in [3.8, 4) is 0 Å². The van der Waals surface area contributed by atoms with Gasteiger partial charge in [0.15, 0.2) is 0 Å². The molecule has 2 unspecified atom stereocenters. The van der Waals surface area contributed by atoms with Crippen LogP contribution < -0.4 is 0 Å². The van der Waals surface area contributed by atoms with E-state index in [1.807, 2.05) is 0 Å². The minimum Gasteiger partial charge on any atom is -0.0588 e. The van der Waals surface area contributed by atoms with Crippen LogP contribution in [0, 0.1) is 32.5 Å². The van der Waals surface area contributed by atoms with Crippen LogP contribution in [0.2, 0.25) is 0 Å². The van der Waals surface area contributed by atoms with E-state index in [9.17, 15) is 0 Å². The van der Waals surface area contributed by atoms with Crippen LogP contribution >= 0.6 is 0 Å². The van der Waals surface area contributed by atoms with Gasteiger partial charge in [0.2, 0.25) is 0 Å². The van der Waals surface area contributed by atoms with Gasteiger partial charge in [-0.3, -0.25) is 0 Å². The smallest absolute Gasteiger partial charge is 0.0148 e. The van der Waals surface area contributed by atoms with Crippen molar-refractivity contribution >= 4 is 0 Å². The Labute approximate surface area is 102 Å². The molecule has 0 saturated heterocycles. The van der Waals surface area contributed by atoms with E-state index >= 15 is 0 Å². The molecule has 0 aromatic carbocycles. The van der Waals surface area contributed by atoms with Crippen molar-refractivity contribution in [1.29, 1.82) is 0 Å². The van der Waals surface area contributed by atoms with Crippen LogP contribution in [0.3, 0.4) is 0 Å². The van der Waals surface area contributed by atoms with Gasteiger partial charge in [-0.2, -0.15) is 0 Å². The lowest BCUT2D eigenvalue weighted by Crippen LogP contribution is -2.47. The number of hydrogen-bond acceptors (Lipinski definition) is 0. The van der Waals surface area contributed by atoms with Gasteiger partial charge >= 0.3 is 0 Å². The SMILES string of the molecule is CC1(C)C(C)(C)C2(C)C(C)(C)C2(C)C1(C)C. The largest absolute Gasteiger partial charge is 0.0588 e. The predicted octanol–water partition coefficient (Wildman–Crippen LogP) is 5.13. The molecule has 0 heteroatoms. The molecule has 0 spiro atoms. The molecule has 0 nitrogen and oxygen atoms in total. The van der Waals surface area contributed by atoms with Gasteiger partial charge in [-0.25, -0.2) is 0 Å². The Morgan fingerprint density at radius 3 is 0.750 bits per heavy atom. The summed E-state index contributed by atoms with van der Waals surface area (Å²) in [6.45, 7) is 25.0. The molecule has 0 aromatic rings. The summed E-state index contributed by atoms with van der Waals surface area (Å²) in [7, 11) is 0. The lowest BCUT2D eigenvalue weighted by molar-refractivity contribution is -0.0483. The zero-order valence-electron chi connectivity index (χ0n) is 13.0. The molecule has 94 valence electrons. The van der Waals surface area contributed by atoms with Crippen molar-refractivity contribution in [3.63, 3.8) is 0 Å². The molecular formula is C16H30. The molecule has 0 N–H and O–H groups in total. The van der Waals surface area contributed by atoms with Crippen molar-refractivity contribution in [3.05, 3.63) is 0 Å². The molecule has 2 aliphatic rings. The third-order valence-electron chi connectivity index (χ3n) is 9.06. The molecule has 0 amide bonds. The number of rotatable bonds is 0. The predicted molar refractivity (Wildman–Crippen MR) is 71.3 cm³/mol. The van der Waals surface area contributed by atoms with E-state index in [1.165, 1.54) is 0 Å². The molecule has 2 aliphatic carbocycles. The van der Waals surface area contributed by atoms with Crippen LogP contribution in [-0.4, -0.2) is 0 Å². The minimum absolute atomic E-state index is 0.388. The third kappa shape index (κ3) is 0.636. The Hall–Kier alpha value is 0. The Balaban J connectivity index is 2.74. The van der Waals surface area contributed by atoms with E-state index in [0.717, 1.165) is 0 Å². The standard InChI is InChI=1S/C16H30/c1-11(2)12(3,4)15(9)14(7,8)16(15,10)13(11,5)6/h1-10H3. The average Bonchev–Trinajstić information content (AvgIpc) is 2.44. The van der Waals surface area contributed by atoms with Crippen LogP contribution in [0.4, 0.5) is 0 Å². The molecule has 2 atom stereocenters. The first kappa shape index (κ1) is 12.5. The van der Waals surface area contributed by atoms with E-state index in [4.69, 9.17) is 0 Å². The summed E-state index contributed by atoms with van der Waals surface area (Å²) < 4.78 is 0. The van der Waals surface area contributed by atoms with E-state index in [0.29, 0.717) is 32.5 Å². The molecule has 2 rings (SSSR count). The summed E-state index contributed by atoms with van der Waals surface area (Å²) in [4.78, 5) is 0. The van der Waals surface area contributed by atoms with Crippen LogP contribution in [0.15, 0.2) is 0 Å². The zero-order valence-corrected chi connectivity index (χ0v) is 13.0. The Kier molecular flexibility index (Phi) is 1.77. The lowest BCUT2D eigenvalue weighted by Gasteiger charge is -2.53. The average molecular weight is 222 g/mol. The lowest BCUT2D eigenvalue weighted by atomic mass is 9.51. The fraction of sp³-hybridized carbons (Fsp3) is 1.00. The van der Waals surface area contributed by atoms with Gasteiger partial charge in [-0.1, -0.05) is 69.2 Å². The van der Waals surface area contributed by atoms with E-state index in [2.05, 4.69) is 69.2 Å². The maximum absolute atomic E-state index is 2.53. The van der Waals surface area contributed by atoms with Crippen LogP contribution in [0.1, 0.15) is 69.2 Å². The maximum Gasteiger partial charge on any atom is -0.0148 e. The van der Waals surface area contributed by atoms with Crippen molar-refractivity contribution in [2.75, 3.05) is 0 Å². The van der Waals surface area contributed by atoms with Crippen molar-refractivity contribution in [1.82, 2.24) is 0 Å². The molecular weight excluding hydrogens is 192 g/mol.